The van der Waals surface area contributed by atoms with E-state index in [4.69, 9.17) is 4.74 Å². The van der Waals surface area contributed by atoms with Crippen LogP contribution < -0.4 is 0 Å². The summed E-state index contributed by atoms with van der Waals surface area (Å²) in [6.07, 6.45) is 7.77. The maximum atomic E-state index is 12.8. The van der Waals surface area contributed by atoms with Crippen molar-refractivity contribution < 1.29 is 9.53 Å². The molecular formula is C18H27N3O2. The van der Waals surface area contributed by atoms with E-state index >= 15 is 0 Å². The number of likely N-dealkylation sites (tertiary alicyclic amines) is 1. The van der Waals surface area contributed by atoms with Crippen LogP contribution in [0.3, 0.4) is 0 Å². The van der Waals surface area contributed by atoms with Crippen molar-refractivity contribution in [3.8, 4) is 0 Å². The van der Waals surface area contributed by atoms with Crippen LogP contribution in [0, 0.1) is 11.8 Å². The lowest BCUT2D eigenvalue weighted by molar-refractivity contribution is -0.00717. The molecule has 126 valence electrons. The molecule has 1 N–H and O–H groups in total. The summed E-state index contributed by atoms with van der Waals surface area (Å²) < 4.78 is 5.81. The van der Waals surface area contributed by atoms with Crippen molar-refractivity contribution >= 4 is 5.91 Å². The number of ether oxygens (including phenoxy) is 1. The molecule has 5 nitrogen and oxygen atoms in total. The van der Waals surface area contributed by atoms with Crippen LogP contribution in [0.1, 0.15) is 73.8 Å². The van der Waals surface area contributed by atoms with Crippen molar-refractivity contribution in [3.05, 3.63) is 17.0 Å². The lowest BCUT2D eigenvalue weighted by atomic mass is 9.76. The third kappa shape index (κ3) is 2.69. The molecule has 1 saturated carbocycles. The Morgan fingerprint density at radius 1 is 1.17 bits per heavy atom. The fourth-order valence-corrected chi connectivity index (χ4v) is 4.58. The van der Waals surface area contributed by atoms with Gasteiger partial charge in [0.1, 0.15) is 0 Å². The number of fused-ring (bicyclic) bond motifs is 1. The molecule has 2 atom stereocenters. The van der Waals surface area contributed by atoms with Gasteiger partial charge in [0.25, 0.3) is 5.91 Å². The zero-order chi connectivity index (χ0) is 16.0. The van der Waals surface area contributed by atoms with Gasteiger partial charge in [-0.2, -0.15) is 5.10 Å². The molecule has 0 bridgehead atoms. The first-order valence-electron chi connectivity index (χ1n) is 9.15. The molecule has 5 heteroatoms. The van der Waals surface area contributed by atoms with E-state index in [-0.39, 0.29) is 18.1 Å². The summed E-state index contributed by atoms with van der Waals surface area (Å²) in [6.45, 7) is 5.92. The van der Waals surface area contributed by atoms with Gasteiger partial charge in [-0.25, -0.2) is 0 Å². The van der Waals surface area contributed by atoms with Crippen molar-refractivity contribution in [1.29, 1.82) is 0 Å². The maximum absolute atomic E-state index is 12.8. The number of carbonyl (C=O) groups excluding carboxylic acids is 1. The van der Waals surface area contributed by atoms with E-state index in [0.29, 0.717) is 5.69 Å². The number of hydrogen-bond donors (Lipinski definition) is 1. The Labute approximate surface area is 137 Å². The van der Waals surface area contributed by atoms with Gasteiger partial charge in [-0.15, -0.1) is 0 Å². The smallest absolute Gasteiger partial charge is 0.274 e. The molecule has 2 aliphatic heterocycles. The van der Waals surface area contributed by atoms with Crippen molar-refractivity contribution in [2.24, 2.45) is 11.8 Å². The molecule has 0 spiro atoms. The number of H-pyrrole nitrogens is 1. The van der Waals surface area contributed by atoms with Crippen LogP contribution in [-0.2, 0) is 11.2 Å². The van der Waals surface area contributed by atoms with Gasteiger partial charge in [-0.05, 0) is 25.7 Å². The second-order valence-corrected chi connectivity index (χ2v) is 7.63. The van der Waals surface area contributed by atoms with Crippen LogP contribution in [0.25, 0.3) is 0 Å². The molecule has 1 amide bonds. The highest BCUT2D eigenvalue weighted by Gasteiger charge is 2.39. The molecular weight excluding hydrogens is 290 g/mol. The van der Waals surface area contributed by atoms with Gasteiger partial charge in [0.2, 0.25) is 0 Å². The molecule has 1 saturated heterocycles. The van der Waals surface area contributed by atoms with Crippen molar-refractivity contribution in [3.63, 3.8) is 0 Å². The van der Waals surface area contributed by atoms with Gasteiger partial charge in [0.05, 0.1) is 17.9 Å². The predicted octanol–water partition coefficient (Wildman–Crippen LogP) is 3.08. The van der Waals surface area contributed by atoms with E-state index in [1.807, 2.05) is 11.8 Å². The van der Waals surface area contributed by atoms with Gasteiger partial charge in [0.15, 0.2) is 5.69 Å². The number of hydrogen-bond acceptors (Lipinski definition) is 3. The summed E-state index contributed by atoms with van der Waals surface area (Å²) in [5.74, 6) is 1.67. The van der Waals surface area contributed by atoms with E-state index in [2.05, 4.69) is 17.1 Å². The highest BCUT2D eigenvalue weighted by molar-refractivity contribution is 5.94. The predicted molar refractivity (Wildman–Crippen MR) is 87.2 cm³/mol. The Morgan fingerprint density at radius 2 is 1.91 bits per heavy atom. The zero-order valence-corrected chi connectivity index (χ0v) is 14.2. The van der Waals surface area contributed by atoms with Crippen molar-refractivity contribution in [2.75, 3.05) is 13.1 Å². The van der Waals surface area contributed by atoms with Crippen molar-refractivity contribution in [1.82, 2.24) is 15.1 Å². The molecule has 1 aromatic rings. The molecule has 0 radical (unpaired) electrons. The summed E-state index contributed by atoms with van der Waals surface area (Å²) in [5.41, 5.74) is 2.68. The van der Waals surface area contributed by atoms with E-state index in [0.717, 1.165) is 42.6 Å². The first-order valence-corrected chi connectivity index (χ1v) is 9.15. The van der Waals surface area contributed by atoms with Crippen LogP contribution in [0.15, 0.2) is 0 Å². The van der Waals surface area contributed by atoms with E-state index < -0.39 is 0 Å². The number of aromatic nitrogens is 2. The largest absolute Gasteiger partial charge is 0.369 e. The Balaban J connectivity index is 1.43. The Morgan fingerprint density at radius 3 is 2.65 bits per heavy atom. The quantitative estimate of drug-likeness (QED) is 0.912. The lowest BCUT2D eigenvalue weighted by Gasteiger charge is -2.44. The van der Waals surface area contributed by atoms with Gasteiger partial charge in [-0.1, -0.05) is 32.1 Å². The first kappa shape index (κ1) is 15.2. The average molecular weight is 317 g/mol. The van der Waals surface area contributed by atoms with E-state index in [1.165, 1.54) is 32.1 Å². The topological polar surface area (TPSA) is 58.2 Å². The summed E-state index contributed by atoms with van der Waals surface area (Å²) in [5, 5.41) is 7.36. The van der Waals surface area contributed by atoms with E-state index in [9.17, 15) is 4.79 Å². The van der Waals surface area contributed by atoms with Gasteiger partial charge in [0, 0.05) is 25.1 Å². The van der Waals surface area contributed by atoms with Gasteiger partial charge < -0.3 is 9.64 Å². The second kappa shape index (κ2) is 5.93. The molecule has 4 rings (SSSR count). The number of rotatable bonds is 2. The Kier molecular flexibility index (Phi) is 3.92. The zero-order valence-electron chi connectivity index (χ0n) is 14.2. The van der Waals surface area contributed by atoms with Crippen LogP contribution in [-0.4, -0.2) is 40.2 Å². The summed E-state index contributed by atoms with van der Waals surface area (Å²) >= 11 is 0. The standard InChI is InChI=1S/C18H27N3O2/c1-11-8-15-16(12(2)23-11)19-20-17(15)18(22)21-9-14(10-21)13-6-4-3-5-7-13/h11-14H,3-10H2,1-2H3,(H,19,20)/t11-,12+/m1/s1. The molecule has 3 heterocycles. The monoisotopic (exact) mass is 317 g/mol. The first-order chi connectivity index (χ1) is 11.1. The van der Waals surface area contributed by atoms with Gasteiger partial charge in [-0.3, -0.25) is 9.89 Å². The molecule has 2 fully saturated rings. The van der Waals surface area contributed by atoms with E-state index in [1.54, 1.807) is 0 Å². The number of carbonyl (C=O) groups is 1. The maximum Gasteiger partial charge on any atom is 0.274 e. The van der Waals surface area contributed by atoms with Crippen LogP contribution in [0.2, 0.25) is 0 Å². The number of aromatic amines is 1. The normalized spacial score (nSPS) is 29.2. The minimum Gasteiger partial charge on any atom is -0.369 e. The minimum absolute atomic E-state index is 0.00539. The summed E-state index contributed by atoms with van der Waals surface area (Å²) in [6, 6.07) is 0. The third-order valence-electron chi connectivity index (χ3n) is 5.95. The molecule has 1 aromatic heterocycles. The fraction of sp³-hybridized carbons (Fsp3) is 0.778. The second-order valence-electron chi connectivity index (χ2n) is 7.63. The molecule has 1 aliphatic carbocycles. The highest BCUT2D eigenvalue weighted by Crippen LogP contribution is 2.36. The third-order valence-corrected chi connectivity index (χ3v) is 5.95. The fourth-order valence-electron chi connectivity index (χ4n) is 4.58. The number of nitrogens with one attached hydrogen (secondary N) is 1. The lowest BCUT2D eigenvalue weighted by Crippen LogP contribution is -2.53. The number of amides is 1. The molecule has 0 unspecified atom stereocenters. The highest BCUT2D eigenvalue weighted by atomic mass is 16.5. The SMILES string of the molecule is C[C@@H]1Cc2c(C(=O)N3CC(C4CCCCC4)C3)n[nH]c2[C@H](C)O1. The van der Waals surface area contributed by atoms with Crippen LogP contribution in [0.5, 0.6) is 0 Å². The number of nitrogens with zero attached hydrogens (tertiary/aromatic N) is 2. The molecule has 0 aromatic carbocycles. The van der Waals surface area contributed by atoms with Crippen LogP contribution in [0.4, 0.5) is 0 Å². The van der Waals surface area contributed by atoms with Gasteiger partial charge >= 0.3 is 0 Å². The summed E-state index contributed by atoms with van der Waals surface area (Å²) in [4.78, 5) is 14.8. The molecule has 3 aliphatic rings. The average Bonchev–Trinajstić information content (AvgIpc) is 2.90. The summed E-state index contributed by atoms with van der Waals surface area (Å²) in [7, 11) is 0. The molecule has 23 heavy (non-hydrogen) atoms. The Bertz CT molecular complexity index is 585. The Hall–Kier alpha value is -1.36. The van der Waals surface area contributed by atoms with Crippen LogP contribution >= 0.6 is 0 Å². The van der Waals surface area contributed by atoms with Crippen molar-refractivity contribution in [2.45, 2.75) is 64.6 Å². The minimum atomic E-state index is -0.00539.